The van der Waals surface area contributed by atoms with Crippen LogP contribution in [0, 0.1) is 5.82 Å². The zero-order chi connectivity index (χ0) is 20.5. The molecule has 4 aromatic rings. The molecular weight excluding hydrogens is 445 g/mol. The fourth-order valence-electron chi connectivity index (χ4n) is 4.02. The largest absolute Gasteiger partial charge is 0.351 e. The summed E-state index contributed by atoms with van der Waals surface area (Å²) in [5.41, 5.74) is 5.55. The molecule has 5 nitrogen and oxygen atoms in total. The minimum absolute atomic E-state index is 0.256. The maximum atomic E-state index is 13.3. The van der Waals surface area contributed by atoms with Gasteiger partial charge in [-0.2, -0.15) is 5.10 Å². The van der Waals surface area contributed by atoms with E-state index in [1.54, 1.807) is 18.3 Å². The van der Waals surface area contributed by atoms with E-state index in [0.29, 0.717) is 17.3 Å². The predicted molar refractivity (Wildman–Crippen MR) is 120 cm³/mol. The van der Waals surface area contributed by atoms with Crippen molar-refractivity contribution >= 4 is 27.4 Å². The number of rotatable bonds is 5. The third-order valence-corrected chi connectivity index (χ3v) is 6.19. The van der Waals surface area contributed by atoms with Crippen molar-refractivity contribution in [2.24, 2.45) is 0 Å². The molecule has 5 rings (SSSR count). The molecule has 3 aromatic heterocycles. The maximum Gasteiger partial charge on any atom is 0.223 e. The van der Waals surface area contributed by atoms with Gasteiger partial charge in [-0.15, -0.1) is 0 Å². The number of pyridine rings is 1. The van der Waals surface area contributed by atoms with Gasteiger partial charge in [-0.1, -0.05) is 28.8 Å². The van der Waals surface area contributed by atoms with Crippen LogP contribution in [0.4, 0.5) is 10.3 Å². The second kappa shape index (κ2) is 8.14. The van der Waals surface area contributed by atoms with Crippen LogP contribution in [-0.2, 0) is 5.33 Å². The Morgan fingerprint density at radius 2 is 1.87 bits per heavy atom. The van der Waals surface area contributed by atoms with Gasteiger partial charge in [0.15, 0.2) is 0 Å². The van der Waals surface area contributed by atoms with Gasteiger partial charge in [-0.05, 0) is 60.9 Å². The molecule has 1 saturated carbocycles. The standard InChI is InChI=1S/C23H21BrFN5/c24-13-15-11-19(20-9-10-26-23(28-20)27-18-3-1-2-4-18)22-12-21(29-30(22)14-15)16-5-7-17(25)8-6-16/h5-12,14,18H,1-4,13H2,(H,26,27,28). The zero-order valence-electron chi connectivity index (χ0n) is 16.4. The monoisotopic (exact) mass is 465 g/mol. The summed E-state index contributed by atoms with van der Waals surface area (Å²) in [5.74, 6) is 0.410. The molecule has 1 aliphatic carbocycles. The van der Waals surface area contributed by atoms with Gasteiger partial charge in [0.25, 0.3) is 0 Å². The number of hydrogen-bond donors (Lipinski definition) is 1. The number of nitrogens with zero attached hydrogens (tertiary/aromatic N) is 4. The SMILES string of the molecule is Fc1ccc(-c2cc3c(-c4ccnc(NC5CCCC5)n4)cc(CBr)cn3n2)cc1. The third kappa shape index (κ3) is 3.81. The van der Waals surface area contributed by atoms with E-state index in [4.69, 9.17) is 10.1 Å². The van der Waals surface area contributed by atoms with Crippen molar-refractivity contribution in [1.29, 1.82) is 0 Å². The lowest BCUT2D eigenvalue weighted by Gasteiger charge is -2.13. The summed E-state index contributed by atoms with van der Waals surface area (Å²) in [5, 5.41) is 8.91. The van der Waals surface area contributed by atoms with Crippen LogP contribution in [0.2, 0.25) is 0 Å². The minimum Gasteiger partial charge on any atom is -0.351 e. The molecule has 0 radical (unpaired) electrons. The van der Waals surface area contributed by atoms with Gasteiger partial charge in [0.1, 0.15) is 5.82 Å². The number of benzene rings is 1. The Morgan fingerprint density at radius 3 is 2.63 bits per heavy atom. The number of aromatic nitrogens is 4. The summed E-state index contributed by atoms with van der Waals surface area (Å²) in [7, 11) is 0. The summed E-state index contributed by atoms with van der Waals surface area (Å²) < 4.78 is 15.2. The van der Waals surface area contributed by atoms with Gasteiger partial charge in [0.2, 0.25) is 5.95 Å². The normalized spacial score (nSPS) is 14.5. The number of nitrogens with one attached hydrogen (secondary N) is 1. The predicted octanol–water partition coefficient (Wildman–Crippen LogP) is 5.85. The van der Waals surface area contributed by atoms with E-state index in [0.717, 1.165) is 33.6 Å². The summed E-state index contributed by atoms with van der Waals surface area (Å²) >= 11 is 3.55. The molecule has 1 fully saturated rings. The van der Waals surface area contributed by atoms with Gasteiger partial charge >= 0.3 is 0 Å². The van der Waals surface area contributed by atoms with Crippen molar-refractivity contribution in [3.63, 3.8) is 0 Å². The topological polar surface area (TPSA) is 55.1 Å². The molecule has 0 spiro atoms. The molecule has 152 valence electrons. The van der Waals surface area contributed by atoms with Crippen molar-refractivity contribution < 1.29 is 4.39 Å². The smallest absolute Gasteiger partial charge is 0.223 e. The lowest BCUT2D eigenvalue weighted by Crippen LogP contribution is -2.16. The van der Waals surface area contributed by atoms with Crippen LogP contribution >= 0.6 is 15.9 Å². The highest BCUT2D eigenvalue weighted by atomic mass is 79.9. The molecule has 7 heteroatoms. The first-order chi connectivity index (χ1) is 14.7. The lowest BCUT2D eigenvalue weighted by molar-refractivity contribution is 0.628. The van der Waals surface area contributed by atoms with Gasteiger partial charge < -0.3 is 5.32 Å². The average molecular weight is 466 g/mol. The Labute approximate surface area is 182 Å². The molecule has 0 saturated heterocycles. The lowest BCUT2D eigenvalue weighted by atomic mass is 10.1. The molecule has 0 atom stereocenters. The fourth-order valence-corrected chi connectivity index (χ4v) is 4.33. The van der Waals surface area contributed by atoms with Gasteiger partial charge in [0, 0.05) is 34.9 Å². The second-order valence-corrected chi connectivity index (χ2v) is 8.21. The summed E-state index contributed by atoms with van der Waals surface area (Å²) in [6.45, 7) is 0. The molecule has 0 unspecified atom stereocenters. The highest BCUT2D eigenvalue weighted by molar-refractivity contribution is 9.08. The first kappa shape index (κ1) is 19.2. The molecule has 1 aromatic carbocycles. The molecule has 0 aliphatic heterocycles. The first-order valence-electron chi connectivity index (χ1n) is 10.1. The van der Waals surface area contributed by atoms with Gasteiger partial charge in [-0.25, -0.2) is 18.9 Å². The van der Waals surface area contributed by atoms with Gasteiger partial charge in [-0.3, -0.25) is 0 Å². The van der Waals surface area contributed by atoms with Crippen LogP contribution in [0.15, 0.2) is 54.9 Å². The number of alkyl halides is 1. The Kier molecular flexibility index (Phi) is 5.21. The van der Waals surface area contributed by atoms with Crippen molar-refractivity contribution in [3.05, 3.63) is 66.2 Å². The molecule has 1 N–H and O–H groups in total. The van der Waals surface area contributed by atoms with E-state index in [2.05, 4.69) is 32.3 Å². The summed E-state index contributed by atoms with van der Waals surface area (Å²) in [6.07, 6.45) is 8.65. The zero-order valence-corrected chi connectivity index (χ0v) is 17.9. The Bertz CT molecular complexity index is 1180. The quantitative estimate of drug-likeness (QED) is 0.375. The summed E-state index contributed by atoms with van der Waals surface area (Å²) in [6, 6.07) is 12.9. The van der Waals surface area contributed by atoms with Crippen LogP contribution in [-0.4, -0.2) is 25.6 Å². The highest BCUT2D eigenvalue weighted by Crippen LogP contribution is 2.30. The van der Waals surface area contributed by atoms with Gasteiger partial charge in [0.05, 0.1) is 16.9 Å². The Hall–Kier alpha value is -2.80. The van der Waals surface area contributed by atoms with Crippen LogP contribution in [0.1, 0.15) is 31.2 Å². The second-order valence-electron chi connectivity index (χ2n) is 7.65. The van der Waals surface area contributed by atoms with E-state index in [1.807, 2.05) is 22.8 Å². The molecule has 3 heterocycles. The van der Waals surface area contributed by atoms with E-state index in [-0.39, 0.29) is 5.82 Å². The van der Waals surface area contributed by atoms with Crippen LogP contribution in [0.3, 0.4) is 0 Å². The van der Waals surface area contributed by atoms with E-state index < -0.39 is 0 Å². The third-order valence-electron chi connectivity index (χ3n) is 5.54. The minimum atomic E-state index is -0.256. The van der Waals surface area contributed by atoms with Crippen molar-refractivity contribution in [1.82, 2.24) is 19.6 Å². The fraction of sp³-hybridized carbons (Fsp3) is 0.261. The van der Waals surface area contributed by atoms with E-state index >= 15 is 0 Å². The van der Waals surface area contributed by atoms with Crippen molar-refractivity contribution in [2.75, 3.05) is 5.32 Å². The Morgan fingerprint density at radius 1 is 1.07 bits per heavy atom. The van der Waals surface area contributed by atoms with Crippen molar-refractivity contribution in [2.45, 2.75) is 37.1 Å². The number of hydrogen-bond acceptors (Lipinski definition) is 4. The van der Waals surface area contributed by atoms with E-state index in [1.165, 1.54) is 37.8 Å². The van der Waals surface area contributed by atoms with Crippen LogP contribution in [0.25, 0.3) is 28.0 Å². The van der Waals surface area contributed by atoms with Crippen LogP contribution in [0.5, 0.6) is 0 Å². The first-order valence-corrected chi connectivity index (χ1v) is 11.3. The van der Waals surface area contributed by atoms with E-state index in [9.17, 15) is 4.39 Å². The number of halogens is 2. The molecule has 1 aliphatic rings. The molecule has 30 heavy (non-hydrogen) atoms. The molecule has 0 bridgehead atoms. The van der Waals surface area contributed by atoms with Crippen molar-refractivity contribution in [3.8, 4) is 22.5 Å². The molecular formula is C23H21BrFN5. The number of anilines is 1. The highest BCUT2D eigenvalue weighted by Gasteiger charge is 2.17. The Balaban J connectivity index is 1.58. The summed E-state index contributed by atoms with van der Waals surface area (Å²) in [4.78, 5) is 9.22. The molecule has 0 amide bonds. The maximum absolute atomic E-state index is 13.3. The number of fused-ring (bicyclic) bond motifs is 1. The van der Waals surface area contributed by atoms with Crippen LogP contribution < -0.4 is 5.32 Å². The average Bonchev–Trinajstić information content (AvgIpc) is 3.43.